The number of amides is 1. The number of hydrogen-bond acceptors (Lipinski definition) is 5. The average Bonchev–Trinajstić information content (AvgIpc) is 3.04. The third kappa shape index (κ3) is 4.03. The Morgan fingerprint density at radius 3 is 2.65 bits per heavy atom. The molecular formula is C22H25N3O5S. The van der Waals surface area contributed by atoms with Crippen molar-refractivity contribution < 1.29 is 17.6 Å². The molecule has 1 aromatic heterocycles. The highest BCUT2D eigenvalue weighted by atomic mass is 32.2. The Kier molecular flexibility index (Phi) is 5.49. The second kappa shape index (κ2) is 7.97. The first-order chi connectivity index (χ1) is 14.7. The second-order valence-electron chi connectivity index (χ2n) is 8.05. The number of hydrogen-bond donors (Lipinski definition) is 1. The van der Waals surface area contributed by atoms with Gasteiger partial charge in [0, 0.05) is 31.9 Å². The lowest BCUT2D eigenvalue weighted by molar-refractivity contribution is -0.120. The molecule has 0 saturated carbocycles. The van der Waals surface area contributed by atoms with E-state index in [1.807, 2.05) is 32.0 Å². The van der Waals surface area contributed by atoms with Gasteiger partial charge >= 0.3 is 5.76 Å². The third-order valence-electron chi connectivity index (χ3n) is 5.93. The molecule has 4 rings (SSSR count). The lowest BCUT2D eigenvalue weighted by Crippen LogP contribution is -2.43. The van der Waals surface area contributed by atoms with E-state index in [0.717, 1.165) is 11.1 Å². The standard InChI is InChI=1S/C22H25N3O5S/c1-14-6-7-17(11-15(14)2)23-21(26)16-5-4-10-25(13-16)31(28,29)18-8-9-19-20(12-18)30-22(27)24(19)3/h6-9,11-12,16H,4-5,10,13H2,1-3H3,(H,23,26)/t16-/m0/s1. The van der Waals surface area contributed by atoms with Crippen molar-refractivity contribution >= 4 is 32.7 Å². The Morgan fingerprint density at radius 1 is 1.13 bits per heavy atom. The van der Waals surface area contributed by atoms with Crippen molar-refractivity contribution in [1.29, 1.82) is 0 Å². The van der Waals surface area contributed by atoms with E-state index in [1.54, 1.807) is 13.1 Å². The molecule has 164 valence electrons. The Labute approximate surface area is 180 Å². The van der Waals surface area contributed by atoms with Crippen LogP contribution >= 0.6 is 0 Å². The third-order valence-corrected chi connectivity index (χ3v) is 7.79. The number of aryl methyl sites for hydroxylation is 3. The fraction of sp³-hybridized carbons (Fsp3) is 0.364. The van der Waals surface area contributed by atoms with Crippen LogP contribution in [0.3, 0.4) is 0 Å². The quantitative estimate of drug-likeness (QED) is 0.668. The monoisotopic (exact) mass is 443 g/mol. The predicted octanol–water partition coefficient (Wildman–Crippen LogP) is 2.79. The van der Waals surface area contributed by atoms with Gasteiger partial charge in [0.15, 0.2) is 5.58 Å². The predicted molar refractivity (Wildman–Crippen MR) is 117 cm³/mol. The van der Waals surface area contributed by atoms with Gasteiger partial charge in [0.1, 0.15) is 0 Å². The summed E-state index contributed by atoms with van der Waals surface area (Å²) >= 11 is 0. The molecule has 1 atom stereocenters. The molecule has 3 aromatic rings. The van der Waals surface area contributed by atoms with Gasteiger partial charge < -0.3 is 9.73 Å². The van der Waals surface area contributed by atoms with Crippen LogP contribution in [0.5, 0.6) is 0 Å². The molecule has 8 nitrogen and oxygen atoms in total. The summed E-state index contributed by atoms with van der Waals surface area (Å²) in [6, 6.07) is 10.1. The largest absolute Gasteiger partial charge is 0.419 e. The number of benzene rings is 2. The lowest BCUT2D eigenvalue weighted by atomic mass is 9.98. The Balaban J connectivity index is 1.53. The maximum Gasteiger partial charge on any atom is 0.419 e. The van der Waals surface area contributed by atoms with Crippen LogP contribution in [-0.2, 0) is 21.9 Å². The van der Waals surface area contributed by atoms with Gasteiger partial charge in [-0.2, -0.15) is 4.31 Å². The summed E-state index contributed by atoms with van der Waals surface area (Å²) in [6.07, 6.45) is 1.21. The molecule has 1 aliphatic heterocycles. The van der Waals surface area contributed by atoms with Crippen LogP contribution < -0.4 is 11.1 Å². The van der Waals surface area contributed by atoms with E-state index in [0.29, 0.717) is 30.6 Å². The van der Waals surface area contributed by atoms with Gasteiger partial charge in [-0.15, -0.1) is 0 Å². The zero-order valence-electron chi connectivity index (χ0n) is 17.7. The number of nitrogens with zero attached hydrogens (tertiary/aromatic N) is 2. The van der Waals surface area contributed by atoms with Gasteiger partial charge in [-0.25, -0.2) is 13.2 Å². The molecule has 0 aliphatic carbocycles. The first kappa shape index (κ1) is 21.3. The topological polar surface area (TPSA) is 102 Å². The molecule has 0 bridgehead atoms. The number of carbonyl (C=O) groups is 1. The Bertz CT molecular complexity index is 1320. The van der Waals surface area contributed by atoms with E-state index in [1.165, 1.54) is 21.0 Å². The van der Waals surface area contributed by atoms with Crippen molar-refractivity contribution in [3.05, 3.63) is 58.1 Å². The Hall–Kier alpha value is -2.91. The minimum absolute atomic E-state index is 0.0459. The number of fused-ring (bicyclic) bond motifs is 1. The summed E-state index contributed by atoms with van der Waals surface area (Å²) in [5, 5.41) is 2.91. The van der Waals surface area contributed by atoms with Gasteiger partial charge in [0.2, 0.25) is 15.9 Å². The van der Waals surface area contributed by atoms with Crippen LogP contribution in [0.4, 0.5) is 5.69 Å². The molecule has 1 aliphatic rings. The number of piperidine rings is 1. The summed E-state index contributed by atoms with van der Waals surface area (Å²) in [4.78, 5) is 24.5. The smallest absolute Gasteiger partial charge is 0.408 e. The molecule has 1 N–H and O–H groups in total. The molecule has 2 heterocycles. The van der Waals surface area contributed by atoms with Crippen molar-refractivity contribution in [2.75, 3.05) is 18.4 Å². The average molecular weight is 444 g/mol. The van der Waals surface area contributed by atoms with Crippen LogP contribution in [0, 0.1) is 19.8 Å². The minimum Gasteiger partial charge on any atom is -0.408 e. The van der Waals surface area contributed by atoms with Crippen LogP contribution in [0.1, 0.15) is 24.0 Å². The zero-order valence-corrected chi connectivity index (χ0v) is 18.5. The van der Waals surface area contributed by atoms with Crippen molar-refractivity contribution in [3.63, 3.8) is 0 Å². The second-order valence-corrected chi connectivity index (χ2v) is 9.98. The highest BCUT2D eigenvalue weighted by Crippen LogP contribution is 2.27. The molecule has 2 aromatic carbocycles. The van der Waals surface area contributed by atoms with Crippen molar-refractivity contribution in [1.82, 2.24) is 8.87 Å². The highest BCUT2D eigenvalue weighted by Gasteiger charge is 2.33. The first-order valence-corrected chi connectivity index (χ1v) is 11.6. The number of carbonyl (C=O) groups excluding carboxylic acids is 1. The maximum absolute atomic E-state index is 13.2. The Morgan fingerprint density at radius 2 is 1.90 bits per heavy atom. The number of sulfonamides is 1. The summed E-state index contributed by atoms with van der Waals surface area (Å²) in [5.41, 5.74) is 3.66. The molecule has 1 saturated heterocycles. The fourth-order valence-corrected chi connectivity index (χ4v) is 5.40. The van der Waals surface area contributed by atoms with Crippen LogP contribution in [-0.4, -0.2) is 36.3 Å². The van der Waals surface area contributed by atoms with E-state index in [4.69, 9.17) is 4.42 Å². The van der Waals surface area contributed by atoms with E-state index in [9.17, 15) is 18.0 Å². The number of anilines is 1. The molecule has 31 heavy (non-hydrogen) atoms. The molecule has 0 spiro atoms. The molecular weight excluding hydrogens is 418 g/mol. The summed E-state index contributed by atoms with van der Waals surface area (Å²) in [7, 11) is -2.27. The van der Waals surface area contributed by atoms with Crippen LogP contribution in [0.25, 0.3) is 11.1 Å². The van der Waals surface area contributed by atoms with E-state index in [-0.39, 0.29) is 22.9 Å². The van der Waals surface area contributed by atoms with Crippen molar-refractivity contribution in [3.8, 4) is 0 Å². The minimum atomic E-state index is -3.83. The summed E-state index contributed by atoms with van der Waals surface area (Å²) in [5.74, 6) is -1.18. The number of oxazole rings is 1. The SMILES string of the molecule is Cc1ccc(NC(=O)[C@H]2CCCN(S(=O)(=O)c3ccc4c(c3)oc(=O)n4C)C2)cc1C. The highest BCUT2D eigenvalue weighted by molar-refractivity contribution is 7.89. The van der Waals surface area contributed by atoms with Gasteiger partial charge in [0.25, 0.3) is 0 Å². The zero-order chi connectivity index (χ0) is 22.3. The summed E-state index contributed by atoms with van der Waals surface area (Å²) < 4.78 is 34.2. The van der Waals surface area contributed by atoms with Crippen LogP contribution in [0.15, 0.2) is 50.5 Å². The van der Waals surface area contributed by atoms with E-state index < -0.39 is 21.7 Å². The first-order valence-electron chi connectivity index (χ1n) is 10.1. The molecule has 0 unspecified atom stereocenters. The van der Waals surface area contributed by atoms with Crippen molar-refractivity contribution in [2.45, 2.75) is 31.6 Å². The summed E-state index contributed by atoms with van der Waals surface area (Å²) in [6.45, 7) is 4.43. The van der Waals surface area contributed by atoms with E-state index >= 15 is 0 Å². The molecule has 1 amide bonds. The number of aromatic nitrogens is 1. The van der Waals surface area contributed by atoms with Crippen molar-refractivity contribution in [2.24, 2.45) is 13.0 Å². The molecule has 0 radical (unpaired) electrons. The molecule has 1 fully saturated rings. The van der Waals surface area contributed by atoms with Crippen LogP contribution in [0.2, 0.25) is 0 Å². The van der Waals surface area contributed by atoms with Gasteiger partial charge in [-0.05, 0) is 62.1 Å². The van der Waals surface area contributed by atoms with Gasteiger partial charge in [-0.1, -0.05) is 6.07 Å². The lowest BCUT2D eigenvalue weighted by Gasteiger charge is -2.31. The number of rotatable bonds is 4. The number of nitrogens with one attached hydrogen (secondary N) is 1. The van der Waals surface area contributed by atoms with Gasteiger partial charge in [0.05, 0.1) is 16.3 Å². The maximum atomic E-state index is 13.2. The van der Waals surface area contributed by atoms with E-state index in [2.05, 4.69) is 5.32 Å². The van der Waals surface area contributed by atoms with Gasteiger partial charge in [-0.3, -0.25) is 9.36 Å². The normalized spacial score (nSPS) is 17.7. The fourth-order valence-electron chi connectivity index (χ4n) is 3.86. The molecule has 9 heteroatoms.